The highest BCUT2D eigenvalue weighted by molar-refractivity contribution is 6.06. The lowest BCUT2D eigenvalue weighted by Gasteiger charge is -2.16. The molecule has 3 aromatic rings. The Kier molecular flexibility index (Phi) is 3.89. The van der Waals surface area contributed by atoms with Crippen LogP contribution in [0.15, 0.2) is 39.5 Å². The molecule has 0 bridgehead atoms. The summed E-state index contributed by atoms with van der Waals surface area (Å²) in [6.45, 7) is -0.319. The first-order valence-electron chi connectivity index (χ1n) is 8.35. The fraction of sp³-hybridized carbons (Fsp3) is 0.263. The van der Waals surface area contributed by atoms with E-state index in [1.807, 2.05) is 6.07 Å². The van der Waals surface area contributed by atoms with Gasteiger partial charge in [0, 0.05) is 16.6 Å². The Morgan fingerprint density at radius 2 is 2.04 bits per heavy atom. The van der Waals surface area contributed by atoms with Crippen LogP contribution >= 0.6 is 0 Å². The topological polar surface area (TPSA) is 95.3 Å². The highest BCUT2D eigenvalue weighted by atomic mass is 16.3. The molecule has 6 nitrogen and oxygen atoms in total. The third-order valence-corrected chi connectivity index (χ3v) is 4.65. The van der Waals surface area contributed by atoms with Crippen LogP contribution in [0.5, 0.6) is 0 Å². The van der Waals surface area contributed by atoms with Gasteiger partial charge in [0.05, 0.1) is 6.61 Å². The summed E-state index contributed by atoms with van der Waals surface area (Å²) in [6.07, 6.45) is 3.89. The number of benzene rings is 1. The lowest BCUT2D eigenvalue weighted by molar-refractivity contribution is 0.0994. The van der Waals surface area contributed by atoms with E-state index in [-0.39, 0.29) is 23.6 Å². The van der Waals surface area contributed by atoms with Gasteiger partial charge in [-0.1, -0.05) is 18.2 Å². The van der Waals surface area contributed by atoms with Crippen molar-refractivity contribution in [2.24, 2.45) is 0 Å². The molecule has 4 rings (SSSR count). The first-order chi connectivity index (χ1) is 12.2. The number of para-hydroxylation sites is 1. The molecule has 0 atom stereocenters. The molecule has 1 amide bonds. The van der Waals surface area contributed by atoms with Gasteiger partial charge in [-0.3, -0.25) is 9.59 Å². The molecule has 2 aromatic heterocycles. The zero-order chi connectivity index (χ0) is 17.4. The molecule has 0 unspecified atom stereocenters. The quantitative estimate of drug-likeness (QED) is 0.684. The van der Waals surface area contributed by atoms with E-state index in [1.165, 1.54) is 0 Å². The number of nitrogens with one attached hydrogen (secondary N) is 2. The van der Waals surface area contributed by atoms with Gasteiger partial charge < -0.3 is 19.8 Å². The van der Waals surface area contributed by atoms with E-state index in [4.69, 9.17) is 4.42 Å². The number of aliphatic hydroxyl groups is 1. The number of carbonyl (C=O) groups is 1. The number of amides is 1. The molecule has 0 aliphatic heterocycles. The van der Waals surface area contributed by atoms with Crippen LogP contribution < -0.4 is 10.9 Å². The van der Waals surface area contributed by atoms with Gasteiger partial charge in [0.2, 0.25) is 0 Å². The molecule has 3 N–H and O–H groups in total. The van der Waals surface area contributed by atoms with Crippen LogP contribution in [0.2, 0.25) is 0 Å². The zero-order valence-corrected chi connectivity index (χ0v) is 13.6. The summed E-state index contributed by atoms with van der Waals surface area (Å²) >= 11 is 0. The maximum Gasteiger partial charge on any atom is 0.291 e. The number of pyridine rings is 1. The fourth-order valence-corrected chi connectivity index (χ4v) is 3.39. The van der Waals surface area contributed by atoms with Crippen molar-refractivity contribution in [3.05, 3.63) is 63.3 Å². The van der Waals surface area contributed by atoms with Crippen molar-refractivity contribution < 1.29 is 14.3 Å². The number of aromatic nitrogens is 1. The van der Waals surface area contributed by atoms with E-state index in [0.29, 0.717) is 16.5 Å². The molecule has 0 saturated carbocycles. The van der Waals surface area contributed by atoms with Gasteiger partial charge in [-0.25, -0.2) is 0 Å². The predicted molar refractivity (Wildman–Crippen MR) is 93.8 cm³/mol. The molecule has 1 aliphatic carbocycles. The van der Waals surface area contributed by atoms with Gasteiger partial charge in [0.25, 0.3) is 11.5 Å². The number of aromatic amines is 1. The Bertz CT molecular complexity index is 1020. The van der Waals surface area contributed by atoms with Crippen LogP contribution in [0, 0.1) is 0 Å². The van der Waals surface area contributed by atoms with E-state index in [2.05, 4.69) is 10.3 Å². The lowest BCUT2D eigenvalue weighted by Crippen LogP contribution is -2.23. The van der Waals surface area contributed by atoms with Gasteiger partial charge in [-0.05, 0) is 43.4 Å². The number of carbonyl (C=O) groups excluding carboxylic acids is 1. The number of aliphatic hydroxyl groups excluding tert-OH is 1. The lowest BCUT2D eigenvalue weighted by atomic mass is 9.96. The Labute approximate surface area is 143 Å². The molecule has 2 heterocycles. The first kappa shape index (κ1) is 15.7. The zero-order valence-electron chi connectivity index (χ0n) is 13.6. The highest BCUT2D eigenvalue weighted by Crippen LogP contribution is 2.27. The Hall–Kier alpha value is -2.86. The molecule has 128 valence electrons. The van der Waals surface area contributed by atoms with Gasteiger partial charge in [-0.2, -0.15) is 0 Å². The predicted octanol–water partition coefficient (Wildman–Crippen LogP) is 2.74. The molecular formula is C19H18N2O4. The minimum absolute atomic E-state index is 0.0285. The van der Waals surface area contributed by atoms with E-state index in [9.17, 15) is 14.7 Å². The highest BCUT2D eigenvalue weighted by Gasteiger charge is 2.21. The Morgan fingerprint density at radius 3 is 2.88 bits per heavy atom. The summed E-state index contributed by atoms with van der Waals surface area (Å²) in [5, 5.41) is 12.9. The van der Waals surface area contributed by atoms with Crippen molar-refractivity contribution in [2.75, 3.05) is 5.32 Å². The Morgan fingerprint density at radius 1 is 1.24 bits per heavy atom. The molecule has 6 heteroatoms. The average molecular weight is 338 g/mol. The van der Waals surface area contributed by atoms with Crippen LogP contribution in [0.3, 0.4) is 0 Å². The number of hydrogen-bond acceptors (Lipinski definition) is 4. The SMILES string of the molecule is O=C(Nc1cc2c([nH]c1=O)CCCC2)c1oc2ccccc2c1CO. The number of aryl methyl sites for hydroxylation is 2. The number of anilines is 1. The van der Waals surface area contributed by atoms with Crippen LogP contribution in [-0.2, 0) is 19.4 Å². The van der Waals surface area contributed by atoms with E-state index >= 15 is 0 Å². The first-order valence-corrected chi connectivity index (χ1v) is 8.35. The molecule has 0 spiro atoms. The van der Waals surface area contributed by atoms with Crippen molar-refractivity contribution in [1.29, 1.82) is 0 Å². The number of hydrogen-bond donors (Lipinski definition) is 3. The number of furan rings is 1. The van der Waals surface area contributed by atoms with Crippen LogP contribution in [0.25, 0.3) is 11.0 Å². The van der Waals surface area contributed by atoms with Crippen LogP contribution in [0.4, 0.5) is 5.69 Å². The fourth-order valence-electron chi connectivity index (χ4n) is 3.39. The molecule has 0 saturated heterocycles. The number of rotatable bonds is 3. The maximum absolute atomic E-state index is 12.6. The maximum atomic E-state index is 12.6. The van der Waals surface area contributed by atoms with Gasteiger partial charge in [-0.15, -0.1) is 0 Å². The third kappa shape index (κ3) is 2.74. The van der Waals surface area contributed by atoms with Crippen LogP contribution in [-0.4, -0.2) is 16.0 Å². The van der Waals surface area contributed by atoms with Crippen molar-refractivity contribution in [3.8, 4) is 0 Å². The summed E-state index contributed by atoms with van der Waals surface area (Å²) in [6, 6.07) is 8.87. The summed E-state index contributed by atoms with van der Waals surface area (Å²) in [4.78, 5) is 27.7. The summed E-state index contributed by atoms with van der Waals surface area (Å²) in [5.41, 5.74) is 2.84. The van der Waals surface area contributed by atoms with E-state index in [0.717, 1.165) is 36.9 Å². The smallest absolute Gasteiger partial charge is 0.291 e. The van der Waals surface area contributed by atoms with Gasteiger partial charge in [0.1, 0.15) is 11.3 Å². The largest absolute Gasteiger partial charge is 0.451 e. The minimum Gasteiger partial charge on any atom is -0.451 e. The van der Waals surface area contributed by atoms with Crippen LogP contribution in [0.1, 0.15) is 40.2 Å². The van der Waals surface area contributed by atoms with E-state index < -0.39 is 5.91 Å². The number of H-pyrrole nitrogens is 1. The normalized spacial score (nSPS) is 13.6. The standard InChI is InChI=1S/C19H18N2O4/c22-10-13-12-6-2-4-8-16(12)25-17(13)19(24)21-15-9-11-5-1-3-7-14(11)20-18(15)23/h2,4,6,8-9,22H,1,3,5,7,10H2,(H,20,23)(H,21,24). The minimum atomic E-state index is -0.540. The molecule has 0 radical (unpaired) electrons. The third-order valence-electron chi connectivity index (χ3n) is 4.65. The molecule has 1 aromatic carbocycles. The summed E-state index contributed by atoms with van der Waals surface area (Å²) < 4.78 is 5.59. The van der Waals surface area contributed by atoms with Crippen molar-refractivity contribution in [3.63, 3.8) is 0 Å². The van der Waals surface area contributed by atoms with Crippen molar-refractivity contribution in [2.45, 2.75) is 32.3 Å². The summed E-state index contributed by atoms with van der Waals surface area (Å²) in [7, 11) is 0. The van der Waals surface area contributed by atoms with Crippen molar-refractivity contribution >= 4 is 22.6 Å². The molecule has 1 aliphatic rings. The molecule has 0 fully saturated rings. The second-order valence-electron chi connectivity index (χ2n) is 6.24. The molecule has 25 heavy (non-hydrogen) atoms. The van der Waals surface area contributed by atoms with Crippen molar-refractivity contribution in [1.82, 2.24) is 4.98 Å². The molecular weight excluding hydrogens is 320 g/mol. The van der Waals surface area contributed by atoms with Gasteiger partial charge >= 0.3 is 0 Å². The summed E-state index contributed by atoms with van der Waals surface area (Å²) in [5.74, 6) is -0.512. The number of fused-ring (bicyclic) bond motifs is 2. The van der Waals surface area contributed by atoms with Gasteiger partial charge in [0.15, 0.2) is 5.76 Å². The second-order valence-corrected chi connectivity index (χ2v) is 6.24. The monoisotopic (exact) mass is 338 g/mol. The Balaban J connectivity index is 1.70. The average Bonchev–Trinajstić information content (AvgIpc) is 3.01. The van der Waals surface area contributed by atoms with E-state index in [1.54, 1.807) is 24.3 Å². The second kappa shape index (κ2) is 6.22.